The van der Waals surface area contributed by atoms with Crippen LogP contribution in [0, 0.1) is 11.7 Å². The minimum Gasteiger partial charge on any atom is -0.326 e. The number of hydrogen-bond donors (Lipinski definition) is 1. The third-order valence-electron chi connectivity index (χ3n) is 5.52. The Bertz CT molecular complexity index is 935. The Balaban J connectivity index is 1.50. The van der Waals surface area contributed by atoms with Crippen LogP contribution in [-0.4, -0.2) is 31.7 Å². The van der Waals surface area contributed by atoms with Crippen LogP contribution in [0.15, 0.2) is 48.5 Å². The molecule has 3 rings (SSSR count). The average Bonchev–Trinajstić information content (AvgIpc) is 2.75. The number of anilines is 1. The van der Waals surface area contributed by atoms with Crippen molar-refractivity contribution in [2.75, 3.05) is 18.4 Å². The van der Waals surface area contributed by atoms with Crippen molar-refractivity contribution in [1.82, 2.24) is 4.31 Å². The van der Waals surface area contributed by atoms with Gasteiger partial charge in [0.15, 0.2) is 0 Å². The quantitative estimate of drug-likeness (QED) is 0.674. The highest BCUT2D eigenvalue weighted by molar-refractivity contribution is 7.88. The maximum absolute atomic E-state index is 13.0. The van der Waals surface area contributed by atoms with E-state index in [0.29, 0.717) is 31.5 Å². The lowest BCUT2D eigenvalue weighted by atomic mass is 9.97. The number of nitrogens with one attached hydrogen (secondary N) is 1. The lowest BCUT2D eigenvalue weighted by Crippen LogP contribution is -2.41. The van der Waals surface area contributed by atoms with Gasteiger partial charge in [-0.15, -0.1) is 0 Å². The first-order valence-corrected chi connectivity index (χ1v) is 12.1. The van der Waals surface area contributed by atoms with E-state index in [9.17, 15) is 17.6 Å². The van der Waals surface area contributed by atoms with Crippen molar-refractivity contribution in [2.45, 2.75) is 44.8 Å². The molecular weight excluding hydrogens is 403 g/mol. The minimum atomic E-state index is -3.49. The van der Waals surface area contributed by atoms with Crippen LogP contribution in [-0.2, 0) is 27.0 Å². The van der Waals surface area contributed by atoms with E-state index >= 15 is 0 Å². The zero-order valence-electron chi connectivity index (χ0n) is 17.3. The van der Waals surface area contributed by atoms with Gasteiger partial charge in [0, 0.05) is 24.7 Å². The summed E-state index contributed by atoms with van der Waals surface area (Å²) < 4.78 is 39.7. The summed E-state index contributed by atoms with van der Waals surface area (Å²) >= 11 is 0. The second-order valence-corrected chi connectivity index (χ2v) is 9.81. The van der Waals surface area contributed by atoms with Crippen molar-refractivity contribution in [1.29, 1.82) is 0 Å². The molecule has 1 amide bonds. The van der Waals surface area contributed by atoms with Gasteiger partial charge in [-0.1, -0.05) is 37.6 Å². The molecule has 1 aliphatic rings. The highest BCUT2D eigenvalue weighted by Gasteiger charge is 2.31. The Hall–Kier alpha value is -2.25. The highest BCUT2D eigenvalue weighted by Crippen LogP contribution is 2.23. The third kappa shape index (κ3) is 6.12. The van der Waals surface area contributed by atoms with Crippen LogP contribution in [0.2, 0.25) is 0 Å². The van der Waals surface area contributed by atoms with E-state index in [1.807, 2.05) is 24.3 Å². The molecule has 0 spiro atoms. The minimum absolute atomic E-state index is 0.0631. The predicted molar refractivity (Wildman–Crippen MR) is 117 cm³/mol. The molecule has 1 fully saturated rings. The van der Waals surface area contributed by atoms with Crippen molar-refractivity contribution >= 4 is 21.6 Å². The molecule has 0 atom stereocenters. The number of aryl methyl sites for hydroxylation is 1. The van der Waals surface area contributed by atoms with Crippen LogP contribution in [0.5, 0.6) is 0 Å². The molecule has 1 heterocycles. The SMILES string of the molecule is CCCCc1ccc(NC(=O)C2CCN(S(=O)(=O)Cc3ccc(F)cc3)CC2)cc1. The van der Waals surface area contributed by atoms with Gasteiger partial charge in [-0.05, 0) is 61.1 Å². The van der Waals surface area contributed by atoms with E-state index in [-0.39, 0.29) is 17.6 Å². The maximum Gasteiger partial charge on any atom is 0.227 e. The summed E-state index contributed by atoms with van der Waals surface area (Å²) in [5.74, 6) is -0.818. The van der Waals surface area contributed by atoms with Crippen molar-refractivity contribution in [3.63, 3.8) is 0 Å². The summed E-state index contributed by atoms with van der Waals surface area (Å²) in [4.78, 5) is 12.6. The summed E-state index contributed by atoms with van der Waals surface area (Å²) in [5.41, 5.74) is 2.58. The highest BCUT2D eigenvalue weighted by atomic mass is 32.2. The summed E-state index contributed by atoms with van der Waals surface area (Å²) in [6, 6.07) is 13.4. The Kier molecular flexibility index (Phi) is 7.61. The van der Waals surface area contributed by atoms with E-state index in [1.54, 1.807) is 0 Å². The zero-order valence-corrected chi connectivity index (χ0v) is 18.1. The van der Waals surface area contributed by atoms with Crippen molar-refractivity contribution in [3.05, 3.63) is 65.5 Å². The van der Waals surface area contributed by atoms with Gasteiger partial charge in [0.25, 0.3) is 0 Å². The van der Waals surface area contributed by atoms with Crippen LogP contribution in [0.25, 0.3) is 0 Å². The number of halogens is 1. The maximum atomic E-state index is 13.0. The van der Waals surface area contributed by atoms with Crippen molar-refractivity contribution in [2.24, 2.45) is 5.92 Å². The third-order valence-corrected chi connectivity index (χ3v) is 7.37. The first-order chi connectivity index (χ1) is 14.4. The monoisotopic (exact) mass is 432 g/mol. The van der Waals surface area contributed by atoms with Crippen LogP contribution in [0.4, 0.5) is 10.1 Å². The molecule has 1 N–H and O–H groups in total. The summed E-state index contributed by atoms with van der Waals surface area (Å²) in [6.45, 7) is 2.79. The molecule has 30 heavy (non-hydrogen) atoms. The van der Waals surface area contributed by atoms with Gasteiger partial charge in [-0.25, -0.2) is 17.1 Å². The van der Waals surface area contributed by atoms with E-state index in [2.05, 4.69) is 12.2 Å². The summed E-state index contributed by atoms with van der Waals surface area (Å²) in [6.07, 6.45) is 4.31. The molecule has 0 saturated carbocycles. The molecule has 162 valence electrons. The van der Waals surface area contributed by atoms with Crippen LogP contribution in [0.1, 0.15) is 43.7 Å². The Morgan fingerprint density at radius 3 is 2.23 bits per heavy atom. The number of piperidine rings is 1. The van der Waals surface area contributed by atoms with Crippen LogP contribution in [0.3, 0.4) is 0 Å². The lowest BCUT2D eigenvalue weighted by molar-refractivity contribution is -0.120. The smallest absolute Gasteiger partial charge is 0.227 e. The fourth-order valence-electron chi connectivity index (χ4n) is 3.66. The molecule has 7 heteroatoms. The molecule has 1 aliphatic heterocycles. The molecule has 0 unspecified atom stereocenters. The van der Waals surface area contributed by atoms with E-state index in [4.69, 9.17) is 0 Å². The van der Waals surface area contributed by atoms with E-state index < -0.39 is 15.8 Å². The number of carbonyl (C=O) groups excluding carboxylic acids is 1. The van der Waals surface area contributed by atoms with Gasteiger partial charge in [-0.2, -0.15) is 0 Å². The number of hydrogen-bond acceptors (Lipinski definition) is 3. The summed E-state index contributed by atoms with van der Waals surface area (Å²) in [7, 11) is -3.49. The fraction of sp³-hybridized carbons (Fsp3) is 0.435. The second-order valence-electron chi connectivity index (χ2n) is 7.85. The van der Waals surface area contributed by atoms with Gasteiger partial charge in [-0.3, -0.25) is 4.79 Å². The Morgan fingerprint density at radius 2 is 1.63 bits per heavy atom. The lowest BCUT2D eigenvalue weighted by Gasteiger charge is -2.30. The largest absolute Gasteiger partial charge is 0.326 e. The molecule has 2 aromatic carbocycles. The normalized spacial score (nSPS) is 15.8. The molecule has 0 aliphatic carbocycles. The number of nitrogens with zero attached hydrogens (tertiary/aromatic N) is 1. The molecule has 2 aromatic rings. The summed E-state index contributed by atoms with van der Waals surface area (Å²) in [5, 5.41) is 2.95. The molecule has 5 nitrogen and oxygen atoms in total. The van der Waals surface area contributed by atoms with Gasteiger partial charge in [0.05, 0.1) is 5.75 Å². The van der Waals surface area contributed by atoms with Crippen LogP contribution >= 0.6 is 0 Å². The molecular formula is C23H29FN2O3S. The molecule has 0 bridgehead atoms. The molecule has 0 aromatic heterocycles. The van der Waals surface area contributed by atoms with Crippen molar-refractivity contribution < 1.29 is 17.6 Å². The standard InChI is InChI=1S/C23H29FN2O3S/c1-2-3-4-18-7-11-22(12-8-18)25-23(27)20-13-15-26(16-14-20)30(28,29)17-19-5-9-21(24)10-6-19/h5-12,20H,2-4,13-17H2,1H3,(H,25,27). The second kappa shape index (κ2) is 10.2. The number of amides is 1. The van der Waals surface area contributed by atoms with Gasteiger partial charge < -0.3 is 5.32 Å². The number of benzene rings is 2. The van der Waals surface area contributed by atoms with E-state index in [0.717, 1.165) is 24.9 Å². The first kappa shape index (κ1) is 22.4. The van der Waals surface area contributed by atoms with Crippen LogP contribution < -0.4 is 5.32 Å². The fourth-order valence-corrected chi connectivity index (χ4v) is 5.22. The number of carbonyl (C=O) groups is 1. The number of sulfonamides is 1. The number of unbranched alkanes of at least 4 members (excludes halogenated alkanes) is 1. The predicted octanol–water partition coefficient (Wildman–Crippen LogP) is 4.35. The molecule has 0 radical (unpaired) electrons. The topological polar surface area (TPSA) is 66.5 Å². The zero-order chi connectivity index (χ0) is 21.6. The van der Waals surface area contributed by atoms with Crippen molar-refractivity contribution in [3.8, 4) is 0 Å². The Labute approximate surface area is 178 Å². The van der Waals surface area contributed by atoms with Gasteiger partial charge in [0.2, 0.25) is 15.9 Å². The molecule has 1 saturated heterocycles. The number of rotatable bonds is 8. The Morgan fingerprint density at radius 1 is 1.03 bits per heavy atom. The van der Waals surface area contributed by atoms with E-state index in [1.165, 1.54) is 34.1 Å². The average molecular weight is 433 g/mol. The first-order valence-electron chi connectivity index (χ1n) is 10.5. The van der Waals surface area contributed by atoms with Gasteiger partial charge >= 0.3 is 0 Å². The van der Waals surface area contributed by atoms with Gasteiger partial charge in [0.1, 0.15) is 5.82 Å².